The maximum absolute atomic E-state index is 12.3. The Balaban J connectivity index is 1.32. The van der Waals surface area contributed by atoms with E-state index in [4.69, 9.17) is 4.74 Å². The fourth-order valence-electron chi connectivity index (χ4n) is 3.84. The summed E-state index contributed by atoms with van der Waals surface area (Å²) in [6, 6.07) is 10.0. The lowest BCUT2D eigenvalue weighted by Gasteiger charge is -2.37. The number of amides is 1. The lowest BCUT2D eigenvalue weighted by atomic mass is 9.89. The molecule has 0 N–H and O–H groups in total. The van der Waals surface area contributed by atoms with Crippen molar-refractivity contribution in [2.45, 2.75) is 38.7 Å². The van der Waals surface area contributed by atoms with E-state index in [9.17, 15) is 4.79 Å². The van der Waals surface area contributed by atoms with E-state index in [-0.39, 0.29) is 12.5 Å². The number of carbonyl (C=O) groups excluding carboxylic acids is 1. The molecule has 0 aromatic heterocycles. The van der Waals surface area contributed by atoms with Gasteiger partial charge in [-0.1, -0.05) is 49.6 Å². The van der Waals surface area contributed by atoms with Crippen LogP contribution in [0.3, 0.4) is 0 Å². The monoisotopic (exact) mass is 330 g/mol. The highest BCUT2D eigenvalue weighted by atomic mass is 16.5. The van der Waals surface area contributed by atoms with E-state index in [1.165, 1.54) is 38.6 Å². The van der Waals surface area contributed by atoms with Gasteiger partial charge in [0.05, 0.1) is 6.61 Å². The van der Waals surface area contributed by atoms with E-state index in [0.29, 0.717) is 6.61 Å². The largest absolute Gasteiger partial charge is 0.367 e. The smallest absolute Gasteiger partial charge is 0.248 e. The minimum atomic E-state index is 0.128. The van der Waals surface area contributed by atoms with Gasteiger partial charge in [0, 0.05) is 32.7 Å². The van der Waals surface area contributed by atoms with Crippen molar-refractivity contribution in [1.82, 2.24) is 9.80 Å². The molecule has 1 saturated heterocycles. The molecule has 132 valence electrons. The molecular weight excluding hydrogens is 300 g/mol. The minimum Gasteiger partial charge on any atom is -0.367 e. The Bertz CT molecular complexity index is 492. The normalized spacial score (nSPS) is 20.2. The molecule has 4 nitrogen and oxygen atoms in total. The van der Waals surface area contributed by atoms with E-state index in [2.05, 4.69) is 4.90 Å². The van der Waals surface area contributed by atoms with Crippen LogP contribution in [0.5, 0.6) is 0 Å². The average Bonchev–Trinajstić information content (AvgIpc) is 2.64. The summed E-state index contributed by atoms with van der Waals surface area (Å²) in [7, 11) is 0. The van der Waals surface area contributed by atoms with Crippen molar-refractivity contribution in [3.63, 3.8) is 0 Å². The molecule has 0 bridgehead atoms. The van der Waals surface area contributed by atoms with Gasteiger partial charge >= 0.3 is 0 Å². The molecule has 4 heteroatoms. The number of benzene rings is 1. The fraction of sp³-hybridized carbons (Fsp3) is 0.650. The van der Waals surface area contributed by atoms with Crippen LogP contribution in [0.15, 0.2) is 30.3 Å². The summed E-state index contributed by atoms with van der Waals surface area (Å²) < 4.78 is 5.58. The van der Waals surface area contributed by atoms with Crippen molar-refractivity contribution in [1.29, 1.82) is 0 Å². The van der Waals surface area contributed by atoms with Crippen molar-refractivity contribution >= 4 is 5.91 Å². The predicted octanol–water partition coefficient (Wildman–Crippen LogP) is 2.93. The molecule has 1 aromatic rings. The zero-order valence-electron chi connectivity index (χ0n) is 14.7. The maximum Gasteiger partial charge on any atom is 0.248 e. The van der Waals surface area contributed by atoms with Gasteiger partial charge in [-0.05, 0) is 24.3 Å². The highest BCUT2D eigenvalue weighted by Gasteiger charge is 2.23. The first-order valence-electron chi connectivity index (χ1n) is 9.43. The highest BCUT2D eigenvalue weighted by Crippen LogP contribution is 2.24. The number of piperazine rings is 1. The Hall–Kier alpha value is -1.39. The van der Waals surface area contributed by atoms with Crippen LogP contribution in [0.4, 0.5) is 0 Å². The molecule has 3 rings (SSSR count). The second-order valence-corrected chi connectivity index (χ2v) is 7.16. The molecule has 1 aliphatic carbocycles. The molecule has 2 aliphatic rings. The summed E-state index contributed by atoms with van der Waals surface area (Å²) in [5, 5.41) is 0. The molecule has 1 heterocycles. The van der Waals surface area contributed by atoms with Gasteiger partial charge < -0.3 is 9.64 Å². The number of hydrogen-bond donors (Lipinski definition) is 0. The number of nitrogens with zero attached hydrogens (tertiary/aromatic N) is 2. The number of carbonyl (C=O) groups is 1. The van der Waals surface area contributed by atoms with Crippen LogP contribution in [0.25, 0.3) is 0 Å². The van der Waals surface area contributed by atoms with Crippen LogP contribution in [0.1, 0.15) is 37.7 Å². The maximum atomic E-state index is 12.3. The lowest BCUT2D eigenvalue weighted by molar-refractivity contribution is -0.138. The Labute approximate surface area is 145 Å². The minimum absolute atomic E-state index is 0.128. The molecule has 24 heavy (non-hydrogen) atoms. The van der Waals surface area contributed by atoms with Crippen LogP contribution in [0.2, 0.25) is 0 Å². The highest BCUT2D eigenvalue weighted by molar-refractivity contribution is 5.77. The standard InChI is InChI=1S/C20H30N2O2/c23-20(17-24-16-19-9-5-2-6-10-19)22-13-11-21(12-14-22)15-18-7-3-1-4-8-18/h2,5-6,9-10,18H,1,3-4,7-8,11-17H2. The summed E-state index contributed by atoms with van der Waals surface area (Å²) in [5.74, 6) is 1.01. The van der Waals surface area contributed by atoms with Gasteiger partial charge in [-0.25, -0.2) is 0 Å². The molecule has 0 spiro atoms. The third kappa shape index (κ3) is 5.32. The quantitative estimate of drug-likeness (QED) is 0.804. The first-order valence-corrected chi connectivity index (χ1v) is 9.43. The fourth-order valence-corrected chi connectivity index (χ4v) is 3.84. The Morgan fingerprint density at radius 1 is 1.00 bits per heavy atom. The van der Waals surface area contributed by atoms with Gasteiger partial charge in [0.15, 0.2) is 0 Å². The third-order valence-electron chi connectivity index (χ3n) is 5.30. The zero-order valence-corrected chi connectivity index (χ0v) is 14.7. The van der Waals surface area contributed by atoms with Gasteiger partial charge in [0.1, 0.15) is 6.61 Å². The number of rotatable bonds is 6. The van der Waals surface area contributed by atoms with Gasteiger partial charge in [0.2, 0.25) is 5.91 Å². The summed E-state index contributed by atoms with van der Waals surface area (Å²) >= 11 is 0. The van der Waals surface area contributed by atoms with E-state index in [1.54, 1.807) is 0 Å². The summed E-state index contributed by atoms with van der Waals surface area (Å²) in [6.07, 6.45) is 7.02. The average molecular weight is 330 g/mol. The van der Waals surface area contributed by atoms with Crippen LogP contribution in [0, 0.1) is 5.92 Å². The van der Waals surface area contributed by atoms with Crippen LogP contribution in [-0.4, -0.2) is 55.0 Å². The second kappa shape index (κ2) is 9.19. The van der Waals surface area contributed by atoms with E-state index in [0.717, 1.165) is 37.7 Å². The van der Waals surface area contributed by atoms with Gasteiger partial charge in [-0.3, -0.25) is 9.69 Å². The summed E-state index contributed by atoms with van der Waals surface area (Å²) in [6.45, 7) is 5.65. The van der Waals surface area contributed by atoms with Gasteiger partial charge in [-0.15, -0.1) is 0 Å². The van der Waals surface area contributed by atoms with Crippen LogP contribution in [-0.2, 0) is 16.1 Å². The Morgan fingerprint density at radius 2 is 1.71 bits per heavy atom. The van der Waals surface area contributed by atoms with Crippen molar-refractivity contribution in [3.8, 4) is 0 Å². The predicted molar refractivity (Wildman–Crippen MR) is 95.7 cm³/mol. The Morgan fingerprint density at radius 3 is 2.42 bits per heavy atom. The molecule has 1 aromatic carbocycles. The third-order valence-corrected chi connectivity index (χ3v) is 5.30. The van der Waals surface area contributed by atoms with Crippen LogP contribution < -0.4 is 0 Å². The van der Waals surface area contributed by atoms with Gasteiger partial charge in [0.25, 0.3) is 0 Å². The Kier molecular flexibility index (Phi) is 6.67. The molecule has 2 fully saturated rings. The molecule has 0 radical (unpaired) electrons. The molecular formula is C20H30N2O2. The molecule has 1 aliphatic heterocycles. The summed E-state index contributed by atoms with van der Waals surface area (Å²) in [5.41, 5.74) is 1.11. The number of ether oxygens (including phenoxy) is 1. The van der Waals surface area contributed by atoms with E-state index >= 15 is 0 Å². The van der Waals surface area contributed by atoms with Gasteiger partial charge in [-0.2, -0.15) is 0 Å². The summed E-state index contributed by atoms with van der Waals surface area (Å²) in [4.78, 5) is 16.8. The lowest BCUT2D eigenvalue weighted by Crippen LogP contribution is -2.50. The van der Waals surface area contributed by atoms with Crippen molar-refractivity contribution in [2.24, 2.45) is 5.92 Å². The van der Waals surface area contributed by atoms with Crippen LogP contribution >= 0.6 is 0 Å². The van der Waals surface area contributed by atoms with Crippen molar-refractivity contribution < 1.29 is 9.53 Å². The van der Waals surface area contributed by atoms with Crippen molar-refractivity contribution in [2.75, 3.05) is 39.3 Å². The first kappa shape index (κ1) is 17.4. The molecule has 0 atom stereocenters. The number of hydrogen-bond acceptors (Lipinski definition) is 3. The zero-order chi connectivity index (χ0) is 16.6. The first-order chi connectivity index (χ1) is 11.8. The van der Waals surface area contributed by atoms with E-state index < -0.39 is 0 Å². The SMILES string of the molecule is O=C(COCc1ccccc1)N1CCN(CC2CCCCC2)CC1. The molecule has 1 amide bonds. The second-order valence-electron chi connectivity index (χ2n) is 7.16. The molecule has 0 unspecified atom stereocenters. The topological polar surface area (TPSA) is 32.8 Å². The molecule has 1 saturated carbocycles. The van der Waals surface area contributed by atoms with Crippen molar-refractivity contribution in [3.05, 3.63) is 35.9 Å². The van der Waals surface area contributed by atoms with E-state index in [1.807, 2.05) is 35.2 Å².